The van der Waals surface area contributed by atoms with Crippen molar-refractivity contribution in [3.8, 4) is 11.3 Å². The summed E-state index contributed by atoms with van der Waals surface area (Å²) in [5.41, 5.74) is 1.42. The summed E-state index contributed by atoms with van der Waals surface area (Å²) in [4.78, 5) is 21.1. The van der Waals surface area contributed by atoms with Crippen molar-refractivity contribution in [2.45, 2.75) is 0 Å². The molecule has 4 rings (SSSR count). The molecule has 1 aromatic carbocycles. The van der Waals surface area contributed by atoms with E-state index in [1.54, 1.807) is 47.1 Å². The van der Waals surface area contributed by atoms with E-state index in [4.69, 9.17) is 16.0 Å². The summed E-state index contributed by atoms with van der Waals surface area (Å²) in [7, 11) is 0. The molecule has 0 spiro atoms. The van der Waals surface area contributed by atoms with Crippen LogP contribution in [0.3, 0.4) is 0 Å². The summed E-state index contributed by atoms with van der Waals surface area (Å²) >= 11 is 5.95. The lowest BCUT2D eigenvalue weighted by atomic mass is 10.1. The van der Waals surface area contributed by atoms with Crippen molar-refractivity contribution in [2.75, 3.05) is 5.32 Å². The van der Waals surface area contributed by atoms with Crippen molar-refractivity contribution in [2.24, 2.45) is 0 Å². The molecule has 7 heteroatoms. The van der Waals surface area contributed by atoms with Crippen molar-refractivity contribution < 1.29 is 9.21 Å². The number of anilines is 1. The highest BCUT2D eigenvalue weighted by molar-refractivity contribution is 6.30. The monoisotopic (exact) mass is 338 g/mol. The van der Waals surface area contributed by atoms with Crippen LogP contribution in [0.15, 0.2) is 65.5 Å². The van der Waals surface area contributed by atoms with Gasteiger partial charge >= 0.3 is 0 Å². The van der Waals surface area contributed by atoms with Gasteiger partial charge < -0.3 is 9.73 Å². The first-order valence-electron chi connectivity index (χ1n) is 7.16. The zero-order valence-corrected chi connectivity index (χ0v) is 13.1. The normalized spacial score (nSPS) is 10.9. The summed E-state index contributed by atoms with van der Waals surface area (Å²) in [6.45, 7) is 0. The van der Waals surface area contributed by atoms with Gasteiger partial charge in [-0.25, -0.2) is 9.97 Å². The molecule has 0 bridgehead atoms. The first-order chi connectivity index (χ1) is 11.7. The Bertz CT molecular complexity index is 1010. The van der Waals surface area contributed by atoms with Gasteiger partial charge in [0, 0.05) is 23.0 Å². The molecule has 0 unspecified atom stereocenters. The molecule has 0 aliphatic rings. The highest BCUT2D eigenvalue weighted by atomic mass is 35.5. The zero-order valence-electron chi connectivity index (χ0n) is 12.3. The number of benzene rings is 1. The van der Waals surface area contributed by atoms with Crippen molar-refractivity contribution in [3.63, 3.8) is 0 Å². The molecule has 0 aliphatic carbocycles. The van der Waals surface area contributed by atoms with Gasteiger partial charge in [0.25, 0.3) is 5.91 Å². The first-order valence-corrected chi connectivity index (χ1v) is 7.54. The molecule has 0 saturated heterocycles. The maximum Gasteiger partial charge on any atom is 0.292 e. The summed E-state index contributed by atoms with van der Waals surface area (Å²) < 4.78 is 6.86. The Morgan fingerprint density at radius 2 is 2.00 bits per heavy atom. The fourth-order valence-corrected chi connectivity index (χ4v) is 2.52. The summed E-state index contributed by atoms with van der Waals surface area (Å²) in [5.74, 6) is 0.857. The lowest BCUT2D eigenvalue weighted by Crippen LogP contribution is -2.13. The van der Waals surface area contributed by atoms with Crippen LogP contribution in [-0.4, -0.2) is 20.3 Å². The van der Waals surface area contributed by atoms with Crippen LogP contribution in [0.4, 0.5) is 5.82 Å². The Hall–Kier alpha value is -3.12. The lowest BCUT2D eigenvalue weighted by Gasteiger charge is -2.06. The largest absolute Gasteiger partial charge is 0.459 e. The van der Waals surface area contributed by atoms with Crippen LogP contribution in [0.2, 0.25) is 5.02 Å². The maximum atomic E-state index is 12.4. The molecule has 6 nitrogen and oxygen atoms in total. The van der Waals surface area contributed by atoms with Crippen molar-refractivity contribution in [1.82, 2.24) is 14.4 Å². The molecule has 0 saturated carbocycles. The third kappa shape index (κ3) is 2.53. The minimum absolute atomic E-state index is 0.218. The number of hydrogen-bond acceptors (Lipinski definition) is 4. The number of nitrogens with zero attached hydrogens (tertiary/aromatic N) is 3. The molecular weight excluding hydrogens is 328 g/mol. The highest BCUT2D eigenvalue weighted by Crippen LogP contribution is 2.29. The second-order valence-electron chi connectivity index (χ2n) is 5.04. The van der Waals surface area contributed by atoms with E-state index < -0.39 is 0 Å². The van der Waals surface area contributed by atoms with Gasteiger partial charge in [0.1, 0.15) is 11.5 Å². The van der Waals surface area contributed by atoms with Crippen LogP contribution < -0.4 is 5.32 Å². The van der Waals surface area contributed by atoms with E-state index >= 15 is 0 Å². The number of carbonyl (C=O) groups is 1. The molecule has 0 radical (unpaired) electrons. The van der Waals surface area contributed by atoms with Crippen molar-refractivity contribution >= 4 is 29.1 Å². The third-order valence-corrected chi connectivity index (χ3v) is 3.75. The second-order valence-corrected chi connectivity index (χ2v) is 5.47. The predicted molar refractivity (Wildman–Crippen MR) is 90.1 cm³/mol. The first kappa shape index (κ1) is 14.5. The molecular formula is C17H11ClN4O2. The van der Waals surface area contributed by atoms with E-state index in [2.05, 4.69) is 15.3 Å². The molecule has 0 aliphatic heterocycles. The molecule has 0 atom stereocenters. The number of furan rings is 1. The molecule has 24 heavy (non-hydrogen) atoms. The third-order valence-electron chi connectivity index (χ3n) is 3.50. The van der Waals surface area contributed by atoms with Crippen LogP contribution in [0.5, 0.6) is 0 Å². The number of imidazole rings is 1. The SMILES string of the molecule is O=C(Nc1c(-c2ccc(Cl)cc2)nc2ncccn12)c1ccco1. The number of nitrogens with one attached hydrogen (secondary N) is 1. The Morgan fingerprint density at radius 3 is 2.75 bits per heavy atom. The number of rotatable bonds is 3. The number of amides is 1. The number of halogens is 1. The van der Waals surface area contributed by atoms with Crippen LogP contribution >= 0.6 is 11.6 Å². The Kier molecular flexibility index (Phi) is 3.51. The molecule has 4 aromatic rings. The van der Waals surface area contributed by atoms with Gasteiger partial charge in [-0.15, -0.1) is 0 Å². The number of aromatic nitrogens is 3. The van der Waals surface area contributed by atoms with Gasteiger partial charge in [0.05, 0.1) is 6.26 Å². The van der Waals surface area contributed by atoms with Crippen molar-refractivity contribution in [1.29, 1.82) is 0 Å². The zero-order chi connectivity index (χ0) is 16.5. The van der Waals surface area contributed by atoms with Crippen molar-refractivity contribution in [3.05, 3.63) is 71.9 Å². The van der Waals surface area contributed by atoms with Gasteiger partial charge in [-0.1, -0.05) is 23.7 Å². The number of hydrogen-bond donors (Lipinski definition) is 1. The molecule has 0 fully saturated rings. The fourth-order valence-electron chi connectivity index (χ4n) is 2.39. The fraction of sp³-hybridized carbons (Fsp3) is 0. The van der Waals surface area contributed by atoms with Gasteiger partial charge in [-0.3, -0.25) is 9.20 Å². The van der Waals surface area contributed by atoms with Gasteiger partial charge in [-0.05, 0) is 30.3 Å². The van der Waals surface area contributed by atoms with Gasteiger partial charge in [0.15, 0.2) is 5.76 Å². The standard InChI is InChI=1S/C17H11ClN4O2/c18-12-6-4-11(5-7-12)14-15(21-16(23)13-3-1-10-24-13)22-9-2-8-19-17(22)20-14/h1-10H,(H,21,23). The minimum atomic E-state index is -0.360. The van der Waals surface area contributed by atoms with Gasteiger partial charge in [0.2, 0.25) is 5.78 Å². The van der Waals surface area contributed by atoms with E-state index in [9.17, 15) is 4.79 Å². The van der Waals surface area contributed by atoms with Crippen LogP contribution in [0.1, 0.15) is 10.6 Å². The van der Waals surface area contributed by atoms with Crippen LogP contribution in [0, 0.1) is 0 Å². The van der Waals surface area contributed by atoms with Gasteiger partial charge in [-0.2, -0.15) is 0 Å². The Balaban J connectivity index is 1.84. The summed E-state index contributed by atoms with van der Waals surface area (Å²) in [6.07, 6.45) is 4.88. The minimum Gasteiger partial charge on any atom is -0.459 e. The second kappa shape index (κ2) is 5.82. The maximum absolute atomic E-state index is 12.4. The smallest absolute Gasteiger partial charge is 0.292 e. The van der Waals surface area contributed by atoms with E-state index in [1.807, 2.05) is 12.1 Å². The topological polar surface area (TPSA) is 72.4 Å². The average Bonchev–Trinajstić information content (AvgIpc) is 3.24. The lowest BCUT2D eigenvalue weighted by molar-refractivity contribution is 0.0996. The highest BCUT2D eigenvalue weighted by Gasteiger charge is 2.18. The van der Waals surface area contributed by atoms with E-state index in [1.165, 1.54) is 6.26 Å². The summed E-state index contributed by atoms with van der Waals surface area (Å²) in [5, 5.41) is 3.47. The quantitative estimate of drug-likeness (QED) is 0.615. The Labute approximate surface area is 141 Å². The van der Waals surface area contributed by atoms with E-state index in [-0.39, 0.29) is 11.7 Å². The Morgan fingerprint density at radius 1 is 1.17 bits per heavy atom. The number of carbonyl (C=O) groups excluding carboxylic acids is 1. The molecule has 3 aromatic heterocycles. The van der Waals surface area contributed by atoms with E-state index in [0.29, 0.717) is 22.3 Å². The molecule has 118 valence electrons. The van der Waals surface area contributed by atoms with Crippen LogP contribution in [-0.2, 0) is 0 Å². The molecule has 1 amide bonds. The average molecular weight is 339 g/mol. The van der Waals surface area contributed by atoms with E-state index in [0.717, 1.165) is 5.56 Å². The summed E-state index contributed by atoms with van der Waals surface area (Å²) in [6, 6.07) is 12.2. The predicted octanol–water partition coefficient (Wildman–Crippen LogP) is 3.90. The number of fused-ring (bicyclic) bond motifs is 1. The molecule has 3 heterocycles. The van der Waals surface area contributed by atoms with Crippen LogP contribution in [0.25, 0.3) is 17.0 Å². The molecule has 1 N–H and O–H groups in total.